The van der Waals surface area contributed by atoms with E-state index in [1.165, 1.54) is 16.6 Å². The number of nitrogens with zero attached hydrogens (tertiary/aromatic N) is 3. The Morgan fingerprint density at radius 3 is 2.55 bits per heavy atom. The van der Waals surface area contributed by atoms with Crippen LogP contribution in [0.4, 0.5) is 0 Å². The molecule has 0 saturated carbocycles. The summed E-state index contributed by atoms with van der Waals surface area (Å²) in [7, 11) is 2.14. The topological polar surface area (TPSA) is 53.9 Å². The lowest BCUT2D eigenvalue weighted by molar-refractivity contribution is 0.190. The quantitative estimate of drug-likeness (QED) is 0.551. The zero-order valence-electron chi connectivity index (χ0n) is 16.3. The third kappa shape index (κ3) is 3.16. The molecule has 0 amide bonds. The van der Waals surface area contributed by atoms with Gasteiger partial charge >= 0.3 is 0 Å². The summed E-state index contributed by atoms with van der Waals surface area (Å²) in [5.74, 6) is 0.572. The van der Waals surface area contributed by atoms with Gasteiger partial charge < -0.3 is 9.88 Å². The number of likely N-dealkylation sites (N-methyl/N-ethyl adjacent to an activating group) is 1. The fourth-order valence-electron chi connectivity index (χ4n) is 4.27. The van der Waals surface area contributed by atoms with E-state index in [-0.39, 0.29) is 5.56 Å². The Labute approximate surface area is 173 Å². The van der Waals surface area contributed by atoms with Crippen molar-refractivity contribution in [2.75, 3.05) is 20.1 Å². The number of hydrogen-bond acceptors (Lipinski definition) is 3. The summed E-state index contributed by atoms with van der Waals surface area (Å²) in [6, 6.07) is 15.0. The molecule has 1 fully saturated rings. The second-order valence-electron chi connectivity index (χ2n) is 7.80. The first-order valence-corrected chi connectivity index (χ1v) is 10.0. The molecule has 2 aromatic heterocycles. The van der Waals surface area contributed by atoms with Crippen LogP contribution in [0.5, 0.6) is 0 Å². The van der Waals surface area contributed by atoms with Crippen LogP contribution in [-0.2, 0) is 0 Å². The molecule has 0 spiro atoms. The number of nitrogens with one attached hydrogen (secondary N) is 1. The van der Waals surface area contributed by atoms with E-state index in [0.717, 1.165) is 29.9 Å². The SMILES string of the molecule is Cc1[nH]c2cc(-n3cnc(-c4ccc(Cl)cc4)cc3=O)ccc2c1C1CN(C)C1. The lowest BCUT2D eigenvalue weighted by Crippen LogP contribution is -2.41. The Balaban J connectivity index is 1.52. The summed E-state index contributed by atoms with van der Waals surface area (Å²) in [4.78, 5) is 23.1. The second kappa shape index (κ2) is 6.87. The van der Waals surface area contributed by atoms with E-state index in [9.17, 15) is 4.79 Å². The average Bonchev–Trinajstić information content (AvgIpc) is 3.00. The minimum atomic E-state index is -0.117. The number of rotatable bonds is 3. The number of H-pyrrole nitrogens is 1. The molecule has 0 aliphatic carbocycles. The van der Waals surface area contributed by atoms with Crippen molar-refractivity contribution >= 4 is 22.5 Å². The molecule has 2 aromatic carbocycles. The zero-order chi connectivity index (χ0) is 20.1. The molecular formula is C23H21ClN4O. The molecule has 146 valence electrons. The number of aryl methyl sites for hydroxylation is 1. The van der Waals surface area contributed by atoms with Crippen LogP contribution >= 0.6 is 11.6 Å². The highest BCUT2D eigenvalue weighted by molar-refractivity contribution is 6.30. The maximum atomic E-state index is 12.8. The summed E-state index contributed by atoms with van der Waals surface area (Å²) in [5, 5.41) is 1.90. The molecule has 6 heteroatoms. The molecule has 0 bridgehead atoms. The predicted octanol–water partition coefficient (Wildman–Crippen LogP) is 4.37. The standard InChI is InChI=1S/C23H21ClN4O/c1-14-23(16-11-27(2)12-16)19-8-7-18(9-21(19)26-14)28-13-25-20(10-22(28)29)15-3-5-17(24)6-4-15/h3-10,13,16,26H,11-12H2,1-2H3. The normalized spacial score (nSPS) is 15.0. The van der Waals surface area contributed by atoms with E-state index in [1.807, 2.05) is 24.3 Å². The van der Waals surface area contributed by atoms with Gasteiger partial charge in [-0.3, -0.25) is 9.36 Å². The average molecular weight is 405 g/mol. The van der Waals surface area contributed by atoms with Crippen molar-refractivity contribution < 1.29 is 0 Å². The number of likely N-dealkylation sites (tertiary alicyclic amines) is 1. The summed E-state index contributed by atoms with van der Waals surface area (Å²) in [5.41, 5.74) is 5.84. The van der Waals surface area contributed by atoms with Crippen LogP contribution in [0.3, 0.4) is 0 Å². The van der Waals surface area contributed by atoms with Crippen LogP contribution in [-0.4, -0.2) is 39.6 Å². The Hall–Kier alpha value is -2.89. The van der Waals surface area contributed by atoms with Crippen LogP contribution in [0.25, 0.3) is 27.8 Å². The largest absolute Gasteiger partial charge is 0.358 e. The molecule has 1 aliphatic heterocycles. The van der Waals surface area contributed by atoms with Gasteiger partial charge in [0, 0.05) is 52.3 Å². The van der Waals surface area contributed by atoms with E-state index in [2.05, 4.69) is 34.9 Å². The fourth-order valence-corrected chi connectivity index (χ4v) is 4.40. The molecule has 4 aromatic rings. The van der Waals surface area contributed by atoms with Crippen molar-refractivity contribution in [2.45, 2.75) is 12.8 Å². The minimum absolute atomic E-state index is 0.117. The van der Waals surface area contributed by atoms with Gasteiger partial charge in [0.05, 0.1) is 11.4 Å². The fraction of sp³-hybridized carbons (Fsp3) is 0.217. The minimum Gasteiger partial charge on any atom is -0.358 e. The Kier molecular flexibility index (Phi) is 4.30. The highest BCUT2D eigenvalue weighted by Gasteiger charge is 2.28. The van der Waals surface area contributed by atoms with Gasteiger partial charge in [-0.15, -0.1) is 0 Å². The van der Waals surface area contributed by atoms with Crippen LogP contribution in [0.15, 0.2) is 59.7 Å². The van der Waals surface area contributed by atoms with Crippen LogP contribution in [0, 0.1) is 6.92 Å². The van der Waals surface area contributed by atoms with Gasteiger partial charge in [0.2, 0.25) is 0 Å². The molecule has 1 aliphatic rings. The number of fused-ring (bicyclic) bond motifs is 1. The van der Waals surface area contributed by atoms with Crippen LogP contribution in [0.1, 0.15) is 17.2 Å². The van der Waals surface area contributed by atoms with Gasteiger partial charge in [0.25, 0.3) is 5.56 Å². The summed E-state index contributed by atoms with van der Waals surface area (Å²) >= 11 is 5.94. The second-order valence-corrected chi connectivity index (χ2v) is 8.24. The first kappa shape index (κ1) is 18.2. The molecule has 1 N–H and O–H groups in total. The third-order valence-corrected chi connectivity index (χ3v) is 5.97. The molecule has 1 saturated heterocycles. The number of halogens is 1. The molecule has 0 unspecified atom stereocenters. The monoisotopic (exact) mass is 404 g/mol. The van der Waals surface area contributed by atoms with Crippen LogP contribution in [0.2, 0.25) is 5.02 Å². The first-order chi connectivity index (χ1) is 14.0. The summed E-state index contributed by atoms with van der Waals surface area (Å²) < 4.78 is 1.58. The van der Waals surface area contributed by atoms with E-state index in [0.29, 0.717) is 16.6 Å². The lowest BCUT2D eigenvalue weighted by Gasteiger charge is -2.36. The molecule has 0 atom stereocenters. The predicted molar refractivity (Wildman–Crippen MR) is 117 cm³/mol. The van der Waals surface area contributed by atoms with E-state index in [4.69, 9.17) is 11.6 Å². The van der Waals surface area contributed by atoms with Gasteiger partial charge in [-0.1, -0.05) is 29.8 Å². The zero-order valence-corrected chi connectivity index (χ0v) is 17.1. The summed E-state index contributed by atoms with van der Waals surface area (Å²) in [6.07, 6.45) is 1.59. The van der Waals surface area contributed by atoms with Gasteiger partial charge in [-0.2, -0.15) is 0 Å². The third-order valence-electron chi connectivity index (χ3n) is 5.72. The van der Waals surface area contributed by atoms with Gasteiger partial charge in [0.15, 0.2) is 0 Å². The lowest BCUT2D eigenvalue weighted by atomic mass is 9.90. The smallest absolute Gasteiger partial charge is 0.258 e. The first-order valence-electron chi connectivity index (χ1n) is 9.65. The molecule has 5 nitrogen and oxygen atoms in total. The molecule has 3 heterocycles. The number of benzene rings is 2. The van der Waals surface area contributed by atoms with Gasteiger partial charge in [-0.05, 0) is 43.8 Å². The highest BCUT2D eigenvalue weighted by atomic mass is 35.5. The van der Waals surface area contributed by atoms with Crippen molar-refractivity contribution in [3.8, 4) is 16.9 Å². The Morgan fingerprint density at radius 2 is 1.86 bits per heavy atom. The van der Waals surface area contributed by atoms with Gasteiger partial charge in [-0.25, -0.2) is 4.98 Å². The van der Waals surface area contributed by atoms with Crippen molar-refractivity contribution in [3.63, 3.8) is 0 Å². The number of aromatic nitrogens is 3. The maximum Gasteiger partial charge on any atom is 0.258 e. The van der Waals surface area contributed by atoms with Crippen molar-refractivity contribution in [1.29, 1.82) is 0 Å². The van der Waals surface area contributed by atoms with E-state index >= 15 is 0 Å². The maximum absolute atomic E-state index is 12.8. The van der Waals surface area contributed by atoms with Gasteiger partial charge in [0.1, 0.15) is 6.33 Å². The van der Waals surface area contributed by atoms with Crippen molar-refractivity contribution in [3.05, 3.63) is 81.5 Å². The van der Waals surface area contributed by atoms with E-state index in [1.54, 1.807) is 29.1 Å². The molecular weight excluding hydrogens is 384 g/mol. The molecule has 29 heavy (non-hydrogen) atoms. The number of aromatic amines is 1. The van der Waals surface area contributed by atoms with Crippen LogP contribution < -0.4 is 5.56 Å². The van der Waals surface area contributed by atoms with Crippen molar-refractivity contribution in [1.82, 2.24) is 19.4 Å². The highest BCUT2D eigenvalue weighted by Crippen LogP contribution is 2.34. The van der Waals surface area contributed by atoms with Crippen molar-refractivity contribution in [2.24, 2.45) is 0 Å². The summed E-state index contributed by atoms with van der Waals surface area (Å²) in [6.45, 7) is 4.30. The Morgan fingerprint density at radius 1 is 1.10 bits per heavy atom. The number of hydrogen-bond donors (Lipinski definition) is 1. The Bertz CT molecular complexity index is 1270. The molecule has 5 rings (SSSR count). The molecule has 0 radical (unpaired) electrons. The van der Waals surface area contributed by atoms with E-state index < -0.39 is 0 Å².